The van der Waals surface area contributed by atoms with Crippen LogP contribution in [0, 0.1) is 11.6 Å². The fourth-order valence-electron chi connectivity index (χ4n) is 1.27. The Morgan fingerprint density at radius 2 is 2.00 bits per heavy atom. The zero-order valence-corrected chi connectivity index (χ0v) is 7.38. The maximum atomic E-state index is 12.8. The number of ether oxygens (including phenoxy) is 1. The highest BCUT2D eigenvalue weighted by molar-refractivity contribution is 5.97. The zero-order valence-electron chi connectivity index (χ0n) is 7.38. The standard InChI is InChI=1S/C9H7F2NO2/c1-12-7-2-5(10)6(11)3-8(7)14-4-9(12)13/h2-3H,4H2,1H3. The first-order valence-electron chi connectivity index (χ1n) is 3.98. The topological polar surface area (TPSA) is 29.5 Å². The van der Waals surface area contributed by atoms with Crippen molar-refractivity contribution in [2.75, 3.05) is 18.6 Å². The normalized spacial score (nSPS) is 15.1. The van der Waals surface area contributed by atoms with Gasteiger partial charge in [0, 0.05) is 19.2 Å². The molecule has 3 nitrogen and oxygen atoms in total. The number of likely N-dealkylation sites (N-methyl/N-ethyl adjacent to an activating group) is 1. The molecule has 1 heterocycles. The first-order chi connectivity index (χ1) is 6.59. The van der Waals surface area contributed by atoms with Crippen LogP contribution in [0.5, 0.6) is 5.75 Å². The molecular formula is C9H7F2NO2. The third-order valence-electron chi connectivity index (χ3n) is 2.09. The lowest BCUT2D eigenvalue weighted by Crippen LogP contribution is -2.35. The predicted octanol–water partition coefficient (Wildman–Crippen LogP) is 1.32. The summed E-state index contributed by atoms with van der Waals surface area (Å²) < 4.78 is 30.6. The molecule has 1 aliphatic heterocycles. The number of carbonyl (C=O) groups is 1. The van der Waals surface area contributed by atoms with Crippen LogP contribution in [0.25, 0.3) is 0 Å². The minimum Gasteiger partial charge on any atom is -0.481 e. The number of hydrogen-bond donors (Lipinski definition) is 0. The first kappa shape index (κ1) is 8.93. The van der Waals surface area contributed by atoms with Crippen LogP contribution in [0.15, 0.2) is 12.1 Å². The van der Waals surface area contributed by atoms with Gasteiger partial charge in [-0.3, -0.25) is 4.79 Å². The Hall–Kier alpha value is -1.65. The van der Waals surface area contributed by atoms with Crippen LogP contribution in [0.1, 0.15) is 0 Å². The summed E-state index contributed by atoms with van der Waals surface area (Å²) >= 11 is 0. The quantitative estimate of drug-likeness (QED) is 0.630. The lowest BCUT2D eigenvalue weighted by atomic mass is 10.2. The van der Waals surface area contributed by atoms with E-state index in [-0.39, 0.29) is 24.0 Å². The summed E-state index contributed by atoms with van der Waals surface area (Å²) in [6.07, 6.45) is 0. The minimum absolute atomic E-state index is 0.144. The van der Waals surface area contributed by atoms with Crippen molar-refractivity contribution >= 4 is 11.6 Å². The SMILES string of the molecule is CN1C(=O)COc2cc(F)c(F)cc21. The van der Waals surface area contributed by atoms with E-state index in [0.29, 0.717) is 0 Å². The molecule has 0 atom stereocenters. The van der Waals surface area contributed by atoms with Gasteiger partial charge in [-0.15, -0.1) is 0 Å². The average molecular weight is 199 g/mol. The Bertz CT molecular complexity index is 406. The second kappa shape index (κ2) is 2.94. The number of halogens is 2. The fraction of sp³-hybridized carbons (Fsp3) is 0.222. The van der Waals surface area contributed by atoms with Gasteiger partial charge in [0.15, 0.2) is 18.2 Å². The molecule has 0 N–H and O–H groups in total. The van der Waals surface area contributed by atoms with E-state index in [2.05, 4.69) is 0 Å². The van der Waals surface area contributed by atoms with Gasteiger partial charge in [-0.05, 0) is 0 Å². The largest absolute Gasteiger partial charge is 0.481 e. The van der Waals surface area contributed by atoms with E-state index < -0.39 is 11.6 Å². The van der Waals surface area contributed by atoms with E-state index in [1.165, 1.54) is 11.9 Å². The van der Waals surface area contributed by atoms with Crippen molar-refractivity contribution in [2.24, 2.45) is 0 Å². The molecule has 2 rings (SSSR count). The van der Waals surface area contributed by atoms with E-state index in [4.69, 9.17) is 4.74 Å². The van der Waals surface area contributed by atoms with Crippen LogP contribution < -0.4 is 9.64 Å². The number of nitrogens with zero attached hydrogens (tertiary/aromatic N) is 1. The lowest BCUT2D eigenvalue weighted by Gasteiger charge is -2.25. The molecule has 14 heavy (non-hydrogen) atoms. The lowest BCUT2D eigenvalue weighted by molar-refractivity contribution is -0.121. The molecule has 1 aromatic rings. The number of amides is 1. The Balaban J connectivity index is 2.55. The third-order valence-corrected chi connectivity index (χ3v) is 2.09. The molecule has 0 radical (unpaired) electrons. The zero-order chi connectivity index (χ0) is 10.3. The molecule has 0 bridgehead atoms. The summed E-state index contributed by atoms with van der Waals surface area (Å²) in [4.78, 5) is 12.4. The maximum absolute atomic E-state index is 12.8. The first-order valence-corrected chi connectivity index (χ1v) is 3.98. The number of rotatable bonds is 0. The summed E-state index contributed by atoms with van der Waals surface area (Å²) in [5.74, 6) is -2.07. The van der Waals surface area contributed by atoms with Crippen LogP contribution in [-0.2, 0) is 4.79 Å². The minimum atomic E-state index is -0.992. The van der Waals surface area contributed by atoms with Gasteiger partial charge in [-0.25, -0.2) is 8.78 Å². The monoisotopic (exact) mass is 199 g/mol. The smallest absolute Gasteiger partial charge is 0.264 e. The molecule has 0 fully saturated rings. The summed E-state index contributed by atoms with van der Waals surface area (Å²) in [6.45, 7) is -0.144. The summed E-state index contributed by atoms with van der Waals surface area (Å²) in [5.41, 5.74) is 0.250. The highest BCUT2D eigenvalue weighted by Crippen LogP contribution is 2.32. The Labute approximate surface area is 78.9 Å². The highest BCUT2D eigenvalue weighted by Gasteiger charge is 2.24. The van der Waals surface area contributed by atoms with Gasteiger partial charge in [0.1, 0.15) is 5.75 Å². The van der Waals surface area contributed by atoms with Gasteiger partial charge in [-0.1, -0.05) is 0 Å². The van der Waals surface area contributed by atoms with E-state index >= 15 is 0 Å². The van der Waals surface area contributed by atoms with Crippen molar-refractivity contribution < 1.29 is 18.3 Å². The molecule has 0 aliphatic carbocycles. The molecule has 0 aromatic heterocycles. The van der Waals surface area contributed by atoms with Crippen molar-refractivity contribution in [3.05, 3.63) is 23.8 Å². The summed E-state index contributed by atoms with van der Waals surface area (Å²) in [7, 11) is 1.49. The Morgan fingerprint density at radius 1 is 1.36 bits per heavy atom. The number of fused-ring (bicyclic) bond motifs is 1. The van der Waals surface area contributed by atoms with Crippen LogP contribution in [0.3, 0.4) is 0 Å². The van der Waals surface area contributed by atoms with Gasteiger partial charge in [0.25, 0.3) is 5.91 Å². The Morgan fingerprint density at radius 3 is 2.71 bits per heavy atom. The number of benzene rings is 1. The molecular weight excluding hydrogens is 192 g/mol. The van der Waals surface area contributed by atoms with Crippen LogP contribution >= 0.6 is 0 Å². The molecule has 1 amide bonds. The summed E-state index contributed by atoms with van der Waals surface area (Å²) in [6, 6.07) is 1.88. The van der Waals surface area contributed by atoms with Crippen molar-refractivity contribution in [1.82, 2.24) is 0 Å². The van der Waals surface area contributed by atoms with Crippen molar-refractivity contribution in [1.29, 1.82) is 0 Å². The molecule has 0 spiro atoms. The Kier molecular flexibility index (Phi) is 1.87. The van der Waals surface area contributed by atoms with Crippen LogP contribution in [0.4, 0.5) is 14.5 Å². The molecule has 5 heteroatoms. The van der Waals surface area contributed by atoms with Crippen LogP contribution in [0.2, 0.25) is 0 Å². The van der Waals surface area contributed by atoms with Gasteiger partial charge in [0.2, 0.25) is 0 Å². The van der Waals surface area contributed by atoms with Crippen molar-refractivity contribution in [3.8, 4) is 5.75 Å². The number of carbonyl (C=O) groups excluding carboxylic acids is 1. The van der Waals surface area contributed by atoms with Gasteiger partial charge < -0.3 is 9.64 Å². The van der Waals surface area contributed by atoms with Gasteiger partial charge >= 0.3 is 0 Å². The second-order valence-corrected chi connectivity index (χ2v) is 2.98. The fourth-order valence-corrected chi connectivity index (χ4v) is 1.27. The predicted molar refractivity (Wildman–Crippen MR) is 45.3 cm³/mol. The van der Waals surface area contributed by atoms with E-state index in [1.54, 1.807) is 0 Å². The van der Waals surface area contributed by atoms with E-state index in [9.17, 15) is 13.6 Å². The molecule has 0 saturated carbocycles. The average Bonchev–Trinajstić information content (AvgIpc) is 2.15. The maximum Gasteiger partial charge on any atom is 0.264 e. The molecule has 1 aromatic carbocycles. The molecule has 1 aliphatic rings. The van der Waals surface area contributed by atoms with E-state index in [0.717, 1.165) is 12.1 Å². The number of hydrogen-bond acceptors (Lipinski definition) is 2. The van der Waals surface area contributed by atoms with Crippen molar-refractivity contribution in [3.63, 3.8) is 0 Å². The molecule has 0 unspecified atom stereocenters. The van der Waals surface area contributed by atoms with Gasteiger partial charge in [-0.2, -0.15) is 0 Å². The van der Waals surface area contributed by atoms with Crippen LogP contribution in [-0.4, -0.2) is 19.6 Å². The molecule has 74 valence electrons. The highest BCUT2D eigenvalue weighted by atomic mass is 19.2. The molecule has 0 saturated heterocycles. The third kappa shape index (κ3) is 1.21. The summed E-state index contributed by atoms with van der Waals surface area (Å²) in [5, 5.41) is 0. The van der Waals surface area contributed by atoms with Crippen molar-refractivity contribution in [2.45, 2.75) is 0 Å². The second-order valence-electron chi connectivity index (χ2n) is 2.98. The van der Waals surface area contributed by atoms with Gasteiger partial charge in [0.05, 0.1) is 5.69 Å². The van der Waals surface area contributed by atoms with E-state index in [1.807, 2.05) is 0 Å². The number of anilines is 1.